The van der Waals surface area contributed by atoms with Crippen LogP contribution in [-0.2, 0) is 9.59 Å². The minimum absolute atomic E-state index is 0.00448. The van der Waals surface area contributed by atoms with E-state index in [1.165, 1.54) is 11.1 Å². The zero-order valence-corrected chi connectivity index (χ0v) is 35.9. The van der Waals surface area contributed by atoms with Crippen LogP contribution in [0.5, 0.6) is 11.5 Å². The molecule has 2 aliphatic carbocycles. The fraction of sp³-hybridized carbons (Fsp3) is 0.385. The number of nitrogens with zero attached hydrogens (tertiary/aromatic N) is 2. The summed E-state index contributed by atoms with van der Waals surface area (Å²) in [7, 11) is 3.35. The van der Waals surface area contributed by atoms with Crippen LogP contribution in [0.3, 0.4) is 0 Å². The number of anilines is 2. The molecule has 2 amide bonds. The highest BCUT2D eigenvalue weighted by atomic mass is 16.5. The number of aromatic nitrogens is 2. The summed E-state index contributed by atoms with van der Waals surface area (Å²) in [5.74, 6) is 3.09. The SMILES string of the molecule is COc1ccc([C@@H]2CC[C@@H](O)[C@@H](CCCC(=O)Nc3cccc4cccnc34)C2)cc1.COc1ccc([C@@H]2CC[C@@H](O)[C@@H](CCCC(=O)Nc3cccc4cccnc34)C2)cc1. The van der Waals surface area contributed by atoms with Gasteiger partial charge in [0.25, 0.3) is 0 Å². The van der Waals surface area contributed by atoms with Crippen molar-refractivity contribution in [3.8, 4) is 11.5 Å². The number of para-hydroxylation sites is 2. The summed E-state index contributed by atoms with van der Waals surface area (Å²) >= 11 is 0. The Bertz CT molecular complexity index is 2190. The van der Waals surface area contributed by atoms with Gasteiger partial charge in [-0.25, -0.2) is 0 Å². The van der Waals surface area contributed by atoms with Gasteiger partial charge in [-0.2, -0.15) is 0 Å². The minimum Gasteiger partial charge on any atom is -0.497 e. The maximum atomic E-state index is 12.5. The van der Waals surface area contributed by atoms with Crippen LogP contribution in [0.25, 0.3) is 21.8 Å². The van der Waals surface area contributed by atoms with E-state index in [1.54, 1.807) is 26.6 Å². The third-order valence-electron chi connectivity index (χ3n) is 12.8. The van der Waals surface area contributed by atoms with Gasteiger partial charge < -0.3 is 30.3 Å². The molecule has 0 radical (unpaired) electrons. The number of rotatable bonds is 14. The molecule has 62 heavy (non-hydrogen) atoms. The van der Waals surface area contributed by atoms with Gasteiger partial charge in [0, 0.05) is 36.0 Å². The number of hydrogen-bond acceptors (Lipinski definition) is 8. The summed E-state index contributed by atoms with van der Waals surface area (Å²) in [6.45, 7) is 0. The fourth-order valence-corrected chi connectivity index (χ4v) is 9.36. The van der Waals surface area contributed by atoms with E-state index >= 15 is 0 Å². The molecule has 10 nitrogen and oxygen atoms in total. The van der Waals surface area contributed by atoms with E-state index in [4.69, 9.17) is 9.47 Å². The Morgan fingerprint density at radius 2 is 0.968 bits per heavy atom. The Hall–Kier alpha value is -5.84. The van der Waals surface area contributed by atoms with Crippen LogP contribution < -0.4 is 20.1 Å². The second-order valence-electron chi connectivity index (χ2n) is 16.9. The molecule has 324 valence electrons. The summed E-state index contributed by atoms with van der Waals surface area (Å²) in [6.07, 6.45) is 12.6. The van der Waals surface area contributed by atoms with Crippen molar-refractivity contribution in [3.63, 3.8) is 0 Å². The summed E-state index contributed by atoms with van der Waals surface area (Å²) in [5.41, 5.74) is 5.73. The predicted octanol–water partition coefficient (Wildman–Crippen LogP) is 10.6. The van der Waals surface area contributed by atoms with E-state index in [9.17, 15) is 19.8 Å². The van der Waals surface area contributed by atoms with Crippen molar-refractivity contribution in [2.75, 3.05) is 24.9 Å². The van der Waals surface area contributed by atoms with Gasteiger partial charge >= 0.3 is 0 Å². The number of benzene rings is 4. The Balaban J connectivity index is 0.000000186. The number of fused-ring (bicyclic) bond motifs is 2. The molecule has 0 bridgehead atoms. The van der Waals surface area contributed by atoms with Crippen molar-refractivity contribution in [3.05, 3.63) is 133 Å². The van der Waals surface area contributed by atoms with Crippen LogP contribution in [0.1, 0.15) is 100 Å². The molecule has 0 saturated heterocycles. The zero-order chi connectivity index (χ0) is 43.3. The van der Waals surface area contributed by atoms with Gasteiger partial charge in [0.05, 0.1) is 48.8 Å². The number of amides is 2. The van der Waals surface area contributed by atoms with Gasteiger partial charge in [0.15, 0.2) is 0 Å². The lowest BCUT2D eigenvalue weighted by atomic mass is 9.74. The molecule has 6 aromatic rings. The molecular formula is C52H60N4O6. The van der Waals surface area contributed by atoms with Crippen LogP contribution in [-0.4, -0.2) is 58.4 Å². The molecule has 4 aromatic carbocycles. The number of pyridine rings is 2. The number of hydrogen-bond donors (Lipinski definition) is 4. The van der Waals surface area contributed by atoms with Crippen molar-refractivity contribution in [1.82, 2.24) is 9.97 Å². The van der Waals surface area contributed by atoms with E-state index in [-0.39, 0.29) is 35.9 Å². The maximum Gasteiger partial charge on any atom is 0.224 e. The molecule has 10 heteroatoms. The number of methoxy groups -OCH3 is 2. The van der Waals surface area contributed by atoms with E-state index in [0.717, 1.165) is 109 Å². The number of ether oxygens (including phenoxy) is 2. The summed E-state index contributed by atoms with van der Waals surface area (Å²) in [6, 6.07) is 35.9. The smallest absolute Gasteiger partial charge is 0.224 e. The first-order valence-corrected chi connectivity index (χ1v) is 22.2. The Morgan fingerprint density at radius 1 is 0.565 bits per heavy atom. The number of aliphatic hydroxyl groups excluding tert-OH is 2. The topological polar surface area (TPSA) is 143 Å². The Labute approximate surface area is 365 Å². The van der Waals surface area contributed by atoms with E-state index in [2.05, 4.69) is 44.9 Å². The van der Waals surface area contributed by atoms with Crippen molar-refractivity contribution >= 4 is 45.0 Å². The molecule has 2 aliphatic rings. The second kappa shape index (κ2) is 21.8. The molecule has 2 fully saturated rings. The summed E-state index contributed by atoms with van der Waals surface area (Å²) < 4.78 is 10.5. The quantitative estimate of drug-likeness (QED) is 0.0849. The normalized spacial score (nSPS) is 21.0. The van der Waals surface area contributed by atoms with Crippen LogP contribution in [0.4, 0.5) is 11.4 Å². The molecule has 2 saturated carbocycles. The van der Waals surface area contributed by atoms with E-state index in [0.29, 0.717) is 24.7 Å². The third-order valence-corrected chi connectivity index (χ3v) is 12.8. The molecule has 0 unspecified atom stereocenters. The van der Waals surface area contributed by atoms with E-state index < -0.39 is 0 Å². The predicted molar refractivity (Wildman–Crippen MR) is 247 cm³/mol. The zero-order valence-electron chi connectivity index (χ0n) is 35.9. The number of carbonyl (C=O) groups is 2. The standard InChI is InChI=1S/2C26H30N2O3/c2*1-31-22-13-10-18(11-14-22)20-12-15-24(29)21(17-20)6-3-9-25(30)28-23-8-2-5-19-7-4-16-27-26(19)23/h2*2,4-5,7-8,10-11,13-14,16,20-21,24,29H,3,6,9,12,15,17H2,1H3,(H,28,30)/t2*20-,21+,24-/m11/s1. The highest BCUT2D eigenvalue weighted by Crippen LogP contribution is 2.40. The first-order chi connectivity index (χ1) is 30.3. The average Bonchev–Trinajstić information content (AvgIpc) is 3.31. The van der Waals surface area contributed by atoms with Crippen molar-refractivity contribution in [2.45, 2.75) is 101 Å². The van der Waals surface area contributed by atoms with Crippen molar-refractivity contribution < 1.29 is 29.3 Å². The molecule has 0 spiro atoms. The lowest BCUT2D eigenvalue weighted by Crippen LogP contribution is -2.28. The van der Waals surface area contributed by atoms with Gasteiger partial charge in [-0.15, -0.1) is 0 Å². The molecule has 2 aromatic heterocycles. The number of nitrogens with one attached hydrogen (secondary N) is 2. The molecule has 0 aliphatic heterocycles. The van der Waals surface area contributed by atoms with Crippen LogP contribution in [0, 0.1) is 11.8 Å². The highest BCUT2D eigenvalue weighted by molar-refractivity contribution is 6.01. The first kappa shape index (κ1) is 44.2. The Kier molecular flexibility index (Phi) is 15.5. The summed E-state index contributed by atoms with van der Waals surface area (Å²) in [4.78, 5) is 33.8. The second-order valence-corrected chi connectivity index (χ2v) is 16.9. The van der Waals surface area contributed by atoms with E-state index in [1.807, 2.05) is 84.9 Å². The van der Waals surface area contributed by atoms with Gasteiger partial charge in [0.1, 0.15) is 11.5 Å². The van der Waals surface area contributed by atoms with Gasteiger partial charge in [-0.05, 0) is 148 Å². The fourth-order valence-electron chi connectivity index (χ4n) is 9.36. The van der Waals surface area contributed by atoms with Crippen LogP contribution in [0.15, 0.2) is 122 Å². The first-order valence-electron chi connectivity index (χ1n) is 22.2. The largest absolute Gasteiger partial charge is 0.497 e. The molecule has 4 N–H and O–H groups in total. The van der Waals surface area contributed by atoms with Gasteiger partial charge in [-0.1, -0.05) is 60.7 Å². The number of carbonyl (C=O) groups excluding carboxylic acids is 2. The third kappa shape index (κ3) is 11.7. The average molecular weight is 837 g/mol. The monoisotopic (exact) mass is 836 g/mol. The number of aliphatic hydroxyl groups is 2. The summed E-state index contributed by atoms with van der Waals surface area (Å²) in [5, 5.41) is 29.0. The van der Waals surface area contributed by atoms with Gasteiger partial charge in [0.2, 0.25) is 11.8 Å². The van der Waals surface area contributed by atoms with Crippen molar-refractivity contribution in [1.29, 1.82) is 0 Å². The lowest BCUT2D eigenvalue weighted by molar-refractivity contribution is -0.117. The molecular weight excluding hydrogens is 777 g/mol. The maximum absolute atomic E-state index is 12.5. The lowest BCUT2D eigenvalue weighted by Gasteiger charge is -2.33. The molecule has 8 rings (SSSR count). The minimum atomic E-state index is -0.278. The molecule has 2 heterocycles. The Morgan fingerprint density at radius 3 is 1.37 bits per heavy atom. The van der Waals surface area contributed by atoms with Crippen molar-refractivity contribution in [2.24, 2.45) is 11.8 Å². The highest BCUT2D eigenvalue weighted by Gasteiger charge is 2.31. The van der Waals surface area contributed by atoms with Crippen LogP contribution in [0.2, 0.25) is 0 Å². The van der Waals surface area contributed by atoms with Gasteiger partial charge in [-0.3, -0.25) is 19.6 Å². The van der Waals surface area contributed by atoms with Crippen LogP contribution >= 0.6 is 0 Å². The molecule has 6 atom stereocenters.